The quantitative estimate of drug-likeness (QED) is 0.717. The summed E-state index contributed by atoms with van der Waals surface area (Å²) in [4.78, 5) is 51.4. The Morgan fingerprint density at radius 1 is 0.960 bits per heavy atom. The molecule has 0 aromatic heterocycles. The Hall–Kier alpha value is -2.12. The second-order valence-electron chi connectivity index (χ2n) is 8.34. The van der Waals surface area contributed by atoms with Crippen LogP contribution >= 0.6 is 0 Å². The fraction of sp³-hybridized carbons (Fsp3) is 0.765. The maximum atomic E-state index is 12.7. The van der Waals surface area contributed by atoms with Crippen molar-refractivity contribution in [1.29, 1.82) is 0 Å². The SMILES string of the molecule is CC(C)[C@H]1C(=O)N(C(=O)OC(C)(C)C)CC(=O)N1C(=O)OC(C)(C)C. The van der Waals surface area contributed by atoms with Gasteiger partial charge in [0.05, 0.1) is 0 Å². The highest BCUT2D eigenvalue weighted by Gasteiger charge is 2.48. The van der Waals surface area contributed by atoms with Crippen LogP contribution < -0.4 is 0 Å². The average Bonchev–Trinajstić information content (AvgIpc) is 2.35. The first kappa shape index (κ1) is 20.9. The van der Waals surface area contributed by atoms with Crippen molar-refractivity contribution in [3.63, 3.8) is 0 Å². The molecule has 0 aromatic rings. The average molecular weight is 356 g/mol. The van der Waals surface area contributed by atoms with Gasteiger partial charge in [-0.2, -0.15) is 0 Å². The molecule has 1 fully saturated rings. The van der Waals surface area contributed by atoms with Crippen molar-refractivity contribution < 1.29 is 28.7 Å². The number of ether oxygens (including phenoxy) is 2. The maximum absolute atomic E-state index is 12.7. The first-order valence-corrected chi connectivity index (χ1v) is 8.23. The van der Waals surface area contributed by atoms with Gasteiger partial charge in [0.2, 0.25) is 0 Å². The van der Waals surface area contributed by atoms with Crippen LogP contribution in [0.3, 0.4) is 0 Å². The second kappa shape index (κ2) is 7.01. The first-order valence-electron chi connectivity index (χ1n) is 8.23. The van der Waals surface area contributed by atoms with Gasteiger partial charge in [0.15, 0.2) is 0 Å². The topological polar surface area (TPSA) is 93.2 Å². The Labute approximate surface area is 148 Å². The van der Waals surface area contributed by atoms with Gasteiger partial charge in [0.1, 0.15) is 23.8 Å². The van der Waals surface area contributed by atoms with Gasteiger partial charge < -0.3 is 9.47 Å². The normalized spacial score (nSPS) is 19.3. The summed E-state index contributed by atoms with van der Waals surface area (Å²) in [5.41, 5.74) is -1.62. The maximum Gasteiger partial charge on any atom is 0.417 e. The van der Waals surface area contributed by atoms with Crippen LogP contribution in [0.1, 0.15) is 55.4 Å². The van der Waals surface area contributed by atoms with Crippen LogP contribution in [0.25, 0.3) is 0 Å². The predicted molar refractivity (Wildman–Crippen MR) is 89.7 cm³/mol. The molecule has 0 bridgehead atoms. The van der Waals surface area contributed by atoms with E-state index in [0.29, 0.717) is 0 Å². The van der Waals surface area contributed by atoms with Crippen molar-refractivity contribution in [1.82, 2.24) is 9.80 Å². The molecule has 25 heavy (non-hydrogen) atoms. The molecule has 0 saturated carbocycles. The summed E-state index contributed by atoms with van der Waals surface area (Å²) in [6.45, 7) is 12.8. The minimum atomic E-state index is -1.12. The van der Waals surface area contributed by atoms with Crippen LogP contribution in [0.15, 0.2) is 0 Å². The van der Waals surface area contributed by atoms with E-state index in [9.17, 15) is 19.2 Å². The van der Waals surface area contributed by atoms with Crippen LogP contribution in [-0.4, -0.2) is 57.6 Å². The van der Waals surface area contributed by atoms with Crippen molar-refractivity contribution in [2.24, 2.45) is 5.92 Å². The lowest BCUT2D eigenvalue weighted by molar-refractivity contribution is -0.155. The summed E-state index contributed by atoms with van der Waals surface area (Å²) in [6.07, 6.45) is -1.80. The molecule has 0 unspecified atom stereocenters. The van der Waals surface area contributed by atoms with Gasteiger partial charge in [-0.05, 0) is 47.5 Å². The number of carbonyl (C=O) groups is 4. The molecule has 0 aliphatic carbocycles. The van der Waals surface area contributed by atoms with Crippen LogP contribution in [0.2, 0.25) is 0 Å². The number of hydrogen-bond donors (Lipinski definition) is 0. The van der Waals surface area contributed by atoms with E-state index in [0.717, 1.165) is 9.80 Å². The highest BCUT2D eigenvalue weighted by Crippen LogP contribution is 2.24. The molecule has 0 spiro atoms. The number of carbonyl (C=O) groups excluding carboxylic acids is 4. The van der Waals surface area contributed by atoms with Crippen molar-refractivity contribution in [2.75, 3.05) is 6.54 Å². The first-order chi connectivity index (χ1) is 11.1. The highest BCUT2D eigenvalue weighted by atomic mass is 16.6. The third kappa shape index (κ3) is 5.44. The summed E-state index contributed by atoms with van der Waals surface area (Å²) in [6, 6.07) is -1.12. The Balaban J connectivity index is 3.12. The molecule has 0 N–H and O–H groups in total. The van der Waals surface area contributed by atoms with Gasteiger partial charge in [-0.25, -0.2) is 19.4 Å². The van der Waals surface area contributed by atoms with Crippen LogP contribution in [0, 0.1) is 5.92 Å². The number of rotatable bonds is 1. The van der Waals surface area contributed by atoms with Gasteiger partial charge in [-0.15, -0.1) is 0 Å². The standard InChI is InChI=1S/C17H28N2O6/c1-10(2)12-13(21)18(14(22)24-16(3,4)5)9-11(20)19(12)15(23)25-17(6,7)8/h10,12H,9H2,1-8H3/t12-/m0/s1. The number of nitrogens with zero attached hydrogens (tertiary/aromatic N) is 2. The predicted octanol–water partition coefficient (Wildman–Crippen LogP) is 2.55. The summed E-state index contributed by atoms with van der Waals surface area (Å²) < 4.78 is 10.4. The van der Waals surface area contributed by atoms with E-state index in [1.54, 1.807) is 55.4 Å². The largest absolute Gasteiger partial charge is 0.443 e. The fourth-order valence-corrected chi connectivity index (χ4v) is 2.30. The molecule has 1 aliphatic rings. The van der Waals surface area contributed by atoms with Crippen molar-refractivity contribution in [3.8, 4) is 0 Å². The molecule has 1 atom stereocenters. The summed E-state index contributed by atoms with van der Waals surface area (Å²) in [5.74, 6) is -1.73. The third-order valence-corrected chi connectivity index (χ3v) is 3.19. The summed E-state index contributed by atoms with van der Waals surface area (Å²) in [5, 5.41) is 0. The lowest BCUT2D eigenvalue weighted by atomic mass is 9.99. The smallest absolute Gasteiger partial charge is 0.417 e. The van der Waals surface area contributed by atoms with Gasteiger partial charge >= 0.3 is 12.2 Å². The number of imide groups is 2. The van der Waals surface area contributed by atoms with Gasteiger partial charge in [-0.1, -0.05) is 13.8 Å². The fourth-order valence-electron chi connectivity index (χ4n) is 2.30. The van der Waals surface area contributed by atoms with Gasteiger partial charge in [0.25, 0.3) is 11.8 Å². The third-order valence-electron chi connectivity index (χ3n) is 3.19. The molecule has 0 aromatic carbocycles. The van der Waals surface area contributed by atoms with Crippen LogP contribution in [0.4, 0.5) is 9.59 Å². The van der Waals surface area contributed by atoms with E-state index < -0.39 is 53.7 Å². The molecule has 8 nitrogen and oxygen atoms in total. The van der Waals surface area contributed by atoms with Crippen molar-refractivity contribution in [2.45, 2.75) is 72.6 Å². The number of piperazine rings is 1. The molecular formula is C17H28N2O6. The van der Waals surface area contributed by atoms with Crippen LogP contribution in [0.5, 0.6) is 0 Å². The zero-order valence-electron chi connectivity index (χ0n) is 16.2. The van der Waals surface area contributed by atoms with E-state index in [-0.39, 0.29) is 0 Å². The Morgan fingerprint density at radius 2 is 1.40 bits per heavy atom. The summed E-state index contributed by atoms with van der Waals surface area (Å²) in [7, 11) is 0. The Morgan fingerprint density at radius 3 is 1.80 bits per heavy atom. The monoisotopic (exact) mass is 356 g/mol. The highest BCUT2D eigenvalue weighted by molar-refractivity contribution is 6.08. The molecule has 8 heteroatoms. The molecule has 4 amide bonds. The van der Waals surface area contributed by atoms with E-state index in [4.69, 9.17) is 9.47 Å². The zero-order chi connectivity index (χ0) is 19.7. The number of amides is 4. The minimum absolute atomic E-state index is 0.394. The van der Waals surface area contributed by atoms with E-state index >= 15 is 0 Å². The molecule has 0 radical (unpaired) electrons. The van der Waals surface area contributed by atoms with Gasteiger partial charge in [0, 0.05) is 0 Å². The van der Waals surface area contributed by atoms with Crippen molar-refractivity contribution in [3.05, 3.63) is 0 Å². The van der Waals surface area contributed by atoms with E-state index in [1.807, 2.05) is 0 Å². The lowest BCUT2D eigenvalue weighted by Crippen LogP contribution is -2.65. The minimum Gasteiger partial charge on any atom is -0.443 e. The molecule has 1 rings (SSSR count). The van der Waals surface area contributed by atoms with Crippen LogP contribution in [-0.2, 0) is 19.1 Å². The zero-order valence-corrected chi connectivity index (χ0v) is 16.2. The second-order valence-corrected chi connectivity index (χ2v) is 8.34. The van der Waals surface area contributed by atoms with Gasteiger partial charge in [-0.3, -0.25) is 9.59 Å². The number of hydrogen-bond acceptors (Lipinski definition) is 6. The summed E-state index contributed by atoms with van der Waals surface area (Å²) >= 11 is 0. The molecule has 1 aliphatic heterocycles. The molecular weight excluding hydrogens is 328 g/mol. The molecule has 1 heterocycles. The lowest BCUT2D eigenvalue weighted by Gasteiger charge is -2.40. The Bertz CT molecular complexity index is 571. The molecule has 1 saturated heterocycles. The van der Waals surface area contributed by atoms with E-state index in [2.05, 4.69) is 0 Å². The molecule has 142 valence electrons. The van der Waals surface area contributed by atoms with E-state index in [1.165, 1.54) is 0 Å². The Kier molecular flexibility index (Phi) is 5.87. The van der Waals surface area contributed by atoms with Crippen molar-refractivity contribution >= 4 is 24.0 Å².